The molecule has 1 aliphatic rings. The molecule has 0 aliphatic carbocycles. The molecular formula is C17H15N7O. The van der Waals surface area contributed by atoms with Crippen molar-refractivity contribution in [3.05, 3.63) is 72.7 Å². The molecule has 2 N–H and O–H groups in total. The number of anilines is 2. The van der Waals surface area contributed by atoms with E-state index in [1.165, 1.54) is 0 Å². The molecule has 0 saturated heterocycles. The van der Waals surface area contributed by atoms with E-state index >= 15 is 0 Å². The second kappa shape index (κ2) is 6.16. The molecule has 3 heterocycles. The number of pyridine rings is 1. The van der Waals surface area contributed by atoms with E-state index in [1.54, 1.807) is 17.1 Å². The minimum Gasteiger partial charge on any atom is -0.326 e. The number of rotatable bonds is 3. The largest absolute Gasteiger partial charge is 0.326 e. The molecule has 2 aromatic heterocycles. The summed E-state index contributed by atoms with van der Waals surface area (Å²) in [5.74, 6) is -0.346. The Balaban J connectivity index is 1.74. The topological polar surface area (TPSA) is 97.6 Å². The summed E-state index contributed by atoms with van der Waals surface area (Å²) in [4.78, 5) is 17.1. The number of aromatic nitrogens is 5. The van der Waals surface area contributed by atoms with E-state index in [0.717, 1.165) is 5.56 Å². The molecule has 0 spiro atoms. The number of carbonyl (C=O) groups is 1. The summed E-state index contributed by atoms with van der Waals surface area (Å²) in [6, 6.07) is 12.6. The van der Waals surface area contributed by atoms with Crippen molar-refractivity contribution in [3.8, 4) is 0 Å². The standard InChI is InChI=1S/C17H15N7O/c1-11-14(16(25)20-13-7-3-2-4-8-13)15(12-6-5-9-18-10-12)24-17(19-11)21-22-23-24/h2-10,14-15H,1H2,(H,20,25)(H,19,21,23). The van der Waals surface area contributed by atoms with E-state index in [0.29, 0.717) is 17.3 Å². The van der Waals surface area contributed by atoms with Crippen molar-refractivity contribution in [1.82, 2.24) is 25.2 Å². The van der Waals surface area contributed by atoms with Crippen molar-refractivity contribution >= 4 is 17.5 Å². The van der Waals surface area contributed by atoms with Crippen LogP contribution >= 0.6 is 0 Å². The molecule has 1 aromatic carbocycles. The Kier molecular flexibility index (Phi) is 3.70. The lowest BCUT2D eigenvalue weighted by Gasteiger charge is -2.32. The van der Waals surface area contributed by atoms with Crippen LogP contribution in [0.2, 0.25) is 0 Å². The predicted molar refractivity (Wildman–Crippen MR) is 91.5 cm³/mol. The van der Waals surface area contributed by atoms with Crippen LogP contribution in [-0.4, -0.2) is 31.1 Å². The molecule has 3 aromatic rings. The minimum atomic E-state index is -0.597. The van der Waals surface area contributed by atoms with Gasteiger partial charge < -0.3 is 10.6 Å². The molecule has 2 atom stereocenters. The van der Waals surface area contributed by atoms with Crippen molar-refractivity contribution in [2.24, 2.45) is 5.92 Å². The number of para-hydroxylation sites is 1. The van der Waals surface area contributed by atoms with Gasteiger partial charge in [-0.2, -0.15) is 0 Å². The van der Waals surface area contributed by atoms with E-state index in [9.17, 15) is 4.79 Å². The summed E-state index contributed by atoms with van der Waals surface area (Å²) < 4.78 is 1.58. The number of nitrogens with zero attached hydrogens (tertiary/aromatic N) is 5. The monoisotopic (exact) mass is 333 g/mol. The van der Waals surface area contributed by atoms with E-state index < -0.39 is 12.0 Å². The highest BCUT2D eigenvalue weighted by Gasteiger charge is 2.40. The fourth-order valence-electron chi connectivity index (χ4n) is 2.94. The molecule has 0 bridgehead atoms. The zero-order chi connectivity index (χ0) is 17.2. The summed E-state index contributed by atoms with van der Waals surface area (Å²) in [7, 11) is 0. The fraction of sp³-hybridized carbons (Fsp3) is 0.118. The molecule has 0 radical (unpaired) electrons. The Morgan fingerprint density at radius 1 is 1.20 bits per heavy atom. The lowest BCUT2D eigenvalue weighted by molar-refractivity contribution is -0.119. The van der Waals surface area contributed by atoms with E-state index in [2.05, 4.69) is 37.7 Å². The first kappa shape index (κ1) is 15.0. The van der Waals surface area contributed by atoms with E-state index in [1.807, 2.05) is 42.5 Å². The quantitative estimate of drug-likeness (QED) is 0.759. The SMILES string of the molecule is C=C1Nc2nnnn2C(c2cccnc2)C1C(=O)Nc1ccccc1. The molecule has 2 unspecified atom stereocenters. The van der Waals surface area contributed by atoms with Crippen molar-refractivity contribution < 1.29 is 4.79 Å². The Labute approximate surface area is 143 Å². The van der Waals surface area contributed by atoms with Gasteiger partial charge in [-0.05, 0) is 34.2 Å². The number of hydrogen-bond acceptors (Lipinski definition) is 6. The van der Waals surface area contributed by atoms with Crippen LogP contribution in [0.1, 0.15) is 11.6 Å². The van der Waals surface area contributed by atoms with Crippen LogP contribution in [0.15, 0.2) is 67.1 Å². The number of hydrogen-bond donors (Lipinski definition) is 2. The van der Waals surface area contributed by atoms with Gasteiger partial charge >= 0.3 is 0 Å². The first-order valence-electron chi connectivity index (χ1n) is 7.73. The first-order chi connectivity index (χ1) is 12.2. The third kappa shape index (κ3) is 2.74. The maximum Gasteiger partial charge on any atom is 0.247 e. The minimum absolute atomic E-state index is 0.196. The third-order valence-corrected chi connectivity index (χ3v) is 4.07. The second-order valence-corrected chi connectivity index (χ2v) is 5.66. The highest BCUT2D eigenvalue weighted by Crippen LogP contribution is 2.37. The van der Waals surface area contributed by atoms with Gasteiger partial charge in [-0.1, -0.05) is 35.9 Å². The average molecular weight is 333 g/mol. The zero-order valence-corrected chi connectivity index (χ0v) is 13.2. The fourth-order valence-corrected chi connectivity index (χ4v) is 2.94. The van der Waals surface area contributed by atoms with Crippen LogP contribution < -0.4 is 10.6 Å². The van der Waals surface area contributed by atoms with Gasteiger partial charge in [0.2, 0.25) is 11.9 Å². The van der Waals surface area contributed by atoms with Crippen molar-refractivity contribution in [1.29, 1.82) is 0 Å². The Bertz CT molecular complexity index is 907. The third-order valence-electron chi connectivity index (χ3n) is 4.07. The Morgan fingerprint density at radius 3 is 2.80 bits per heavy atom. The number of nitrogens with one attached hydrogen (secondary N) is 2. The highest BCUT2D eigenvalue weighted by molar-refractivity contribution is 5.95. The zero-order valence-electron chi connectivity index (χ0n) is 13.2. The number of tetrazole rings is 1. The molecule has 1 aliphatic heterocycles. The van der Waals surface area contributed by atoms with Crippen LogP contribution in [0.25, 0.3) is 0 Å². The van der Waals surface area contributed by atoms with Gasteiger partial charge in [-0.25, -0.2) is 4.68 Å². The number of amides is 1. The smallest absolute Gasteiger partial charge is 0.247 e. The van der Waals surface area contributed by atoms with Crippen LogP contribution in [0.3, 0.4) is 0 Å². The summed E-state index contributed by atoms with van der Waals surface area (Å²) >= 11 is 0. The molecule has 0 fully saturated rings. The summed E-state index contributed by atoms with van der Waals surface area (Å²) in [6.07, 6.45) is 3.39. The van der Waals surface area contributed by atoms with Gasteiger partial charge in [0.05, 0.1) is 0 Å². The maximum atomic E-state index is 13.0. The maximum absolute atomic E-state index is 13.0. The molecule has 25 heavy (non-hydrogen) atoms. The van der Waals surface area contributed by atoms with Gasteiger partial charge in [-0.3, -0.25) is 9.78 Å². The van der Waals surface area contributed by atoms with Crippen LogP contribution in [0.5, 0.6) is 0 Å². The van der Waals surface area contributed by atoms with Crippen molar-refractivity contribution in [2.75, 3.05) is 10.6 Å². The number of benzene rings is 1. The normalized spacial score (nSPS) is 19.0. The van der Waals surface area contributed by atoms with Crippen LogP contribution in [0, 0.1) is 5.92 Å². The van der Waals surface area contributed by atoms with Crippen molar-refractivity contribution in [2.45, 2.75) is 6.04 Å². The van der Waals surface area contributed by atoms with Crippen LogP contribution in [0.4, 0.5) is 11.6 Å². The molecule has 8 nitrogen and oxygen atoms in total. The molecular weight excluding hydrogens is 318 g/mol. The molecule has 124 valence electrons. The van der Waals surface area contributed by atoms with Gasteiger partial charge in [0, 0.05) is 23.8 Å². The van der Waals surface area contributed by atoms with Crippen LogP contribution in [-0.2, 0) is 4.79 Å². The second-order valence-electron chi connectivity index (χ2n) is 5.66. The summed E-state index contributed by atoms with van der Waals surface area (Å²) in [6.45, 7) is 4.01. The Morgan fingerprint density at radius 2 is 2.04 bits per heavy atom. The van der Waals surface area contributed by atoms with Crippen molar-refractivity contribution in [3.63, 3.8) is 0 Å². The highest BCUT2D eigenvalue weighted by atomic mass is 16.2. The van der Waals surface area contributed by atoms with E-state index in [-0.39, 0.29) is 5.91 Å². The van der Waals surface area contributed by atoms with Gasteiger partial charge in [0.15, 0.2) is 0 Å². The molecule has 8 heteroatoms. The lowest BCUT2D eigenvalue weighted by atomic mass is 9.89. The average Bonchev–Trinajstić information content (AvgIpc) is 3.10. The first-order valence-corrected chi connectivity index (χ1v) is 7.73. The Hall–Kier alpha value is -3.55. The number of carbonyl (C=O) groups excluding carboxylic acids is 1. The van der Waals surface area contributed by atoms with E-state index in [4.69, 9.17) is 0 Å². The lowest BCUT2D eigenvalue weighted by Crippen LogP contribution is -2.39. The van der Waals surface area contributed by atoms with Gasteiger partial charge in [0.25, 0.3) is 0 Å². The number of fused-ring (bicyclic) bond motifs is 1. The molecule has 4 rings (SSSR count). The summed E-state index contributed by atoms with van der Waals surface area (Å²) in [5.41, 5.74) is 2.07. The molecule has 1 amide bonds. The molecule has 0 saturated carbocycles. The predicted octanol–water partition coefficient (Wildman–Crippen LogP) is 1.85. The van der Waals surface area contributed by atoms with Gasteiger partial charge in [0.1, 0.15) is 12.0 Å². The summed E-state index contributed by atoms with van der Waals surface area (Å²) in [5, 5.41) is 17.6. The van der Waals surface area contributed by atoms with Gasteiger partial charge in [-0.15, -0.1) is 0 Å².